The van der Waals surface area contributed by atoms with E-state index < -0.39 is 6.09 Å². The van der Waals surface area contributed by atoms with Gasteiger partial charge >= 0.3 is 0 Å². The molecule has 0 radical (unpaired) electrons. The molecule has 0 saturated heterocycles. The van der Waals surface area contributed by atoms with Crippen molar-refractivity contribution in [3.05, 3.63) is 52.9 Å². The van der Waals surface area contributed by atoms with Crippen LogP contribution in [0.15, 0.2) is 41.8 Å². The maximum Gasteiger partial charge on any atom is 0.248 e. The van der Waals surface area contributed by atoms with E-state index in [0.29, 0.717) is 0 Å². The molecular weight excluding hydrogens is 306 g/mol. The summed E-state index contributed by atoms with van der Waals surface area (Å²) < 4.78 is 0. The van der Waals surface area contributed by atoms with Crippen LogP contribution in [0.25, 0.3) is 0 Å². The number of thiophene rings is 1. The molecule has 4 heteroatoms. The number of hydrogen-bond acceptors (Lipinski definition) is 2. The third-order valence-electron chi connectivity index (χ3n) is 3.93. The lowest BCUT2D eigenvalue weighted by atomic mass is 10.1. The first-order valence-electron chi connectivity index (χ1n) is 8.33. The number of nitrogens with one attached hydrogen (secondary N) is 1. The molecule has 3 nitrogen and oxygen atoms in total. The normalized spacial score (nSPS) is 11.4. The number of carboxylic acid groups (broad SMARTS) is 1. The Hall–Kier alpha value is -1.81. The van der Waals surface area contributed by atoms with Crippen molar-refractivity contribution in [1.82, 2.24) is 0 Å². The van der Waals surface area contributed by atoms with E-state index in [0.717, 1.165) is 42.0 Å². The van der Waals surface area contributed by atoms with Gasteiger partial charge in [0, 0.05) is 28.5 Å². The highest BCUT2D eigenvalue weighted by Gasteiger charge is 2.19. The minimum Gasteiger partial charge on any atom is -0.530 e. The average molecular weight is 331 g/mol. The molecule has 0 aliphatic carbocycles. The number of benzene rings is 1. The summed E-state index contributed by atoms with van der Waals surface area (Å²) in [5, 5.41) is 16.6. The minimum atomic E-state index is -1.20. The van der Waals surface area contributed by atoms with E-state index in [9.17, 15) is 9.90 Å². The van der Waals surface area contributed by atoms with Gasteiger partial charge in [-0.25, -0.2) is 0 Å². The second-order valence-corrected chi connectivity index (χ2v) is 7.70. The topological polar surface area (TPSA) is 52.2 Å². The summed E-state index contributed by atoms with van der Waals surface area (Å²) in [6, 6.07) is 12.5. The Morgan fingerprint density at radius 1 is 1.09 bits per heavy atom. The second kappa shape index (κ2) is 9.36. The highest BCUT2D eigenvalue weighted by molar-refractivity contribution is 7.33. The van der Waals surface area contributed by atoms with Crippen LogP contribution in [0.4, 0.5) is 9.80 Å². The number of unbranched alkanes of at least 4 members (excludes halogenated alkanes) is 2. The lowest BCUT2D eigenvalue weighted by molar-refractivity contribution is -0.242. The average Bonchev–Trinajstić information content (AvgIpc) is 2.90. The van der Waals surface area contributed by atoms with Gasteiger partial charge in [0.15, 0.2) is 0 Å². The Bertz CT molecular complexity index is 607. The van der Waals surface area contributed by atoms with Gasteiger partial charge in [-0.15, -0.1) is 0 Å². The molecule has 124 valence electrons. The van der Waals surface area contributed by atoms with Crippen molar-refractivity contribution in [2.45, 2.75) is 51.2 Å². The van der Waals surface area contributed by atoms with E-state index >= 15 is 0 Å². The molecular formula is C19H25NO2S. The lowest BCUT2D eigenvalue weighted by Gasteiger charge is -2.06. The maximum absolute atomic E-state index is 11.0. The van der Waals surface area contributed by atoms with Crippen molar-refractivity contribution in [3.8, 4) is 0 Å². The van der Waals surface area contributed by atoms with E-state index in [1.54, 1.807) is 0 Å². The molecule has 1 N–H and O–H groups in total. The van der Waals surface area contributed by atoms with E-state index in [1.807, 2.05) is 6.07 Å². The first-order valence-corrected chi connectivity index (χ1v) is 9.79. The van der Waals surface area contributed by atoms with Crippen molar-refractivity contribution in [1.29, 1.82) is 0 Å². The third-order valence-corrected chi connectivity index (χ3v) is 6.01. The Kier molecular flexibility index (Phi) is 7.14. The van der Waals surface area contributed by atoms with Crippen LogP contribution in [-0.4, -0.2) is 6.09 Å². The molecule has 0 fully saturated rings. The van der Waals surface area contributed by atoms with E-state index in [4.69, 9.17) is 0 Å². The largest absolute Gasteiger partial charge is 0.530 e. The number of anilines is 1. The van der Waals surface area contributed by atoms with Crippen LogP contribution >= 0.6 is 10.5 Å². The number of rotatable bonds is 9. The van der Waals surface area contributed by atoms with Gasteiger partial charge < -0.3 is 9.90 Å². The molecule has 0 saturated carbocycles. The number of carbonyl (C=O) groups is 1. The van der Waals surface area contributed by atoms with Crippen LogP contribution in [0.3, 0.4) is 0 Å². The molecule has 0 bridgehead atoms. The number of aryl methyl sites for hydroxylation is 3. The molecule has 23 heavy (non-hydrogen) atoms. The SMILES string of the molecule is CCCCCc1cc[s+](CCCc2ccccc2)c1NC(=O)[O-]. The van der Waals surface area contributed by atoms with Gasteiger partial charge in [0.2, 0.25) is 5.00 Å². The summed E-state index contributed by atoms with van der Waals surface area (Å²) in [7, 11) is -0.128. The van der Waals surface area contributed by atoms with Crippen LogP contribution in [0, 0.1) is 0 Å². The fourth-order valence-electron chi connectivity index (χ4n) is 2.72. The zero-order chi connectivity index (χ0) is 16.5. The quantitative estimate of drug-likeness (QED) is 0.541. The van der Waals surface area contributed by atoms with E-state index in [2.05, 4.69) is 48.0 Å². The lowest BCUT2D eigenvalue weighted by Crippen LogP contribution is -2.29. The molecule has 1 atom stereocenters. The second-order valence-electron chi connectivity index (χ2n) is 5.75. The number of hydrogen-bond donors (Lipinski definition) is 1. The predicted octanol–water partition coefficient (Wildman–Crippen LogP) is 4.56. The van der Waals surface area contributed by atoms with Crippen LogP contribution in [0.5, 0.6) is 0 Å². The Morgan fingerprint density at radius 3 is 2.57 bits per heavy atom. The molecule has 1 heterocycles. The third kappa shape index (κ3) is 5.71. The number of amides is 1. The van der Waals surface area contributed by atoms with Crippen molar-refractivity contribution in [2.75, 3.05) is 5.32 Å². The molecule has 1 aromatic carbocycles. The summed E-state index contributed by atoms with van der Waals surface area (Å²) in [6.07, 6.45) is 5.29. The summed E-state index contributed by atoms with van der Waals surface area (Å²) in [5.41, 5.74) is 2.48. The Labute approximate surface area is 141 Å². The van der Waals surface area contributed by atoms with Crippen molar-refractivity contribution < 1.29 is 9.90 Å². The zero-order valence-corrected chi connectivity index (χ0v) is 14.5. The fourth-order valence-corrected chi connectivity index (χ4v) is 4.71. The highest BCUT2D eigenvalue weighted by Crippen LogP contribution is 2.37. The van der Waals surface area contributed by atoms with Gasteiger partial charge in [-0.2, -0.15) is 0 Å². The summed E-state index contributed by atoms with van der Waals surface area (Å²) >= 11 is 0. The summed E-state index contributed by atoms with van der Waals surface area (Å²) in [4.78, 5) is 11.0. The fraction of sp³-hybridized carbons (Fsp3) is 0.421. The monoisotopic (exact) mass is 331 g/mol. The number of carbonyl (C=O) groups excluding carboxylic acids is 1. The molecule has 1 amide bonds. The van der Waals surface area contributed by atoms with Crippen molar-refractivity contribution in [2.24, 2.45) is 0 Å². The first kappa shape index (κ1) is 17.5. The van der Waals surface area contributed by atoms with Gasteiger partial charge in [0.1, 0.15) is 17.2 Å². The first-order chi connectivity index (χ1) is 11.2. The van der Waals surface area contributed by atoms with Gasteiger partial charge in [0.05, 0.1) is 0 Å². The Morgan fingerprint density at radius 2 is 1.87 bits per heavy atom. The molecule has 0 aliphatic rings. The molecule has 1 unspecified atom stereocenters. The van der Waals surface area contributed by atoms with Gasteiger partial charge in [-0.3, -0.25) is 5.32 Å². The molecule has 2 aromatic rings. The predicted molar refractivity (Wildman–Crippen MR) is 95.9 cm³/mol. The smallest absolute Gasteiger partial charge is 0.248 e. The highest BCUT2D eigenvalue weighted by atomic mass is 32.2. The van der Waals surface area contributed by atoms with Crippen LogP contribution < -0.4 is 10.4 Å². The van der Waals surface area contributed by atoms with Crippen LogP contribution in [0.1, 0.15) is 43.7 Å². The standard InChI is InChI=1S/C19H25NO2S/c1-2-3-5-12-17-13-15-23(18(17)20-19(21)22)14-8-11-16-9-6-4-7-10-16/h4,6-7,9-10,13,15,20H,2-3,5,8,11-12,14H2,1H3. The van der Waals surface area contributed by atoms with E-state index in [-0.39, 0.29) is 10.5 Å². The maximum atomic E-state index is 11.0. The van der Waals surface area contributed by atoms with Gasteiger partial charge in [0.25, 0.3) is 0 Å². The zero-order valence-electron chi connectivity index (χ0n) is 13.7. The molecule has 0 aliphatic heterocycles. The molecule has 2 rings (SSSR count). The van der Waals surface area contributed by atoms with Crippen LogP contribution in [0.2, 0.25) is 0 Å². The van der Waals surface area contributed by atoms with Gasteiger partial charge in [-0.05, 0) is 24.8 Å². The van der Waals surface area contributed by atoms with Crippen molar-refractivity contribution >= 4 is 21.6 Å². The summed E-state index contributed by atoms with van der Waals surface area (Å²) in [6.45, 7) is 2.17. The minimum absolute atomic E-state index is 0.128. The van der Waals surface area contributed by atoms with E-state index in [1.165, 1.54) is 18.4 Å². The van der Waals surface area contributed by atoms with Gasteiger partial charge in [-0.1, -0.05) is 50.1 Å². The van der Waals surface area contributed by atoms with Crippen molar-refractivity contribution in [3.63, 3.8) is 0 Å². The van der Waals surface area contributed by atoms with Crippen LogP contribution in [-0.2, 0) is 18.6 Å². The Balaban J connectivity index is 1.97. The molecule has 0 spiro atoms. The summed E-state index contributed by atoms with van der Waals surface area (Å²) in [5.74, 6) is 0.984. The molecule has 1 aromatic heterocycles.